The van der Waals surface area contributed by atoms with Gasteiger partial charge in [0.1, 0.15) is 18.3 Å². The molecule has 0 aromatic rings. The predicted molar refractivity (Wildman–Crippen MR) is 35.4 cm³/mol. The molecule has 6 heteroatoms. The normalized spacial score (nSPS) is 42.6. The first-order valence-electron chi connectivity index (χ1n) is 3.42. The van der Waals surface area contributed by atoms with Gasteiger partial charge in [-0.15, -0.1) is 0 Å². The van der Waals surface area contributed by atoms with Crippen LogP contribution in [0.5, 0.6) is 0 Å². The van der Waals surface area contributed by atoms with E-state index in [1.807, 2.05) is 0 Å². The fourth-order valence-corrected chi connectivity index (χ4v) is 1.02. The lowest BCUT2D eigenvalue weighted by molar-refractivity contribution is -0.201. The lowest BCUT2D eigenvalue weighted by Crippen LogP contribution is -2.55. The molecule has 0 bridgehead atoms. The van der Waals surface area contributed by atoms with Gasteiger partial charge in [-0.05, 0) is 0 Å². The van der Waals surface area contributed by atoms with Gasteiger partial charge < -0.3 is 25.2 Å². The molecule has 1 aliphatic rings. The Balaban J connectivity index is 2.65. The van der Waals surface area contributed by atoms with Crippen molar-refractivity contribution in [3.63, 3.8) is 0 Å². The number of hydrogen-bond acceptors (Lipinski definition) is 5. The van der Waals surface area contributed by atoms with Crippen molar-refractivity contribution < 1.29 is 30.0 Å². The fourth-order valence-electron chi connectivity index (χ4n) is 1.02. The summed E-state index contributed by atoms with van der Waals surface area (Å²) in [6, 6.07) is 0. The molecule has 0 aromatic heterocycles. The molecule has 0 aliphatic carbocycles. The van der Waals surface area contributed by atoms with Crippen molar-refractivity contribution in [2.45, 2.75) is 24.4 Å². The molecule has 1 saturated heterocycles. The van der Waals surface area contributed by atoms with Crippen LogP contribution in [0.4, 0.5) is 0 Å². The van der Waals surface area contributed by atoms with Crippen molar-refractivity contribution in [3.8, 4) is 0 Å². The number of rotatable bonds is 1. The quantitative estimate of drug-likeness (QED) is 0.355. The summed E-state index contributed by atoms with van der Waals surface area (Å²) in [6.07, 6.45) is -5.72. The van der Waals surface area contributed by atoms with E-state index < -0.39 is 30.4 Å². The maximum absolute atomic E-state index is 10.3. The number of carboxylic acid groups (broad SMARTS) is 1. The third kappa shape index (κ3) is 1.56. The van der Waals surface area contributed by atoms with Crippen molar-refractivity contribution in [2.75, 3.05) is 6.61 Å². The number of ether oxygens (including phenoxy) is 1. The fraction of sp³-hybridized carbons (Fsp3) is 0.833. The van der Waals surface area contributed by atoms with E-state index in [0.717, 1.165) is 0 Å². The summed E-state index contributed by atoms with van der Waals surface area (Å²) < 4.78 is 4.57. The van der Waals surface area contributed by atoms with E-state index in [2.05, 4.69) is 4.74 Å². The molecule has 0 amide bonds. The monoisotopic (exact) mass is 178 g/mol. The van der Waals surface area contributed by atoms with E-state index in [0.29, 0.717) is 0 Å². The smallest absolute Gasteiger partial charge is 0.335 e. The number of carbonyl (C=O) groups is 1. The highest BCUT2D eigenvalue weighted by molar-refractivity contribution is 5.73. The molecule has 1 rings (SSSR count). The third-order valence-corrected chi connectivity index (χ3v) is 1.74. The van der Waals surface area contributed by atoms with E-state index in [9.17, 15) is 4.79 Å². The Morgan fingerprint density at radius 3 is 2.33 bits per heavy atom. The molecule has 1 fully saturated rings. The molecule has 12 heavy (non-hydrogen) atoms. The number of carboxylic acids is 1. The van der Waals surface area contributed by atoms with Crippen molar-refractivity contribution in [1.29, 1.82) is 0 Å². The molecular weight excluding hydrogens is 168 g/mol. The molecule has 0 aromatic carbocycles. The van der Waals surface area contributed by atoms with E-state index >= 15 is 0 Å². The Kier molecular flexibility index (Phi) is 2.63. The van der Waals surface area contributed by atoms with Crippen molar-refractivity contribution in [1.82, 2.24) is 0 Å². The maximum Gasteiger partial charge on any atom is 0.335 e. The minimum Gasteiger partial charge on any atom is -0.479 e. The van der Waals surface area contributed by atoms with Gasteiger partial charge in [0, 0.05) is 0 Å². The van der Waals surface area contributed by atoms with E-state index in [1.54, 1.807) is 0 Å². The van der Waals surface area contributed by atoms with Crippen LogP contribution in [0.3, 0.4) is 0 Å². The second-order valence-corrected chi connectivity index (χ2v) is 2.64. The first-order chi connectivity index (χ1) is 5.54. The standard InChI is InChI=1S/C6H10O6/c7-2-1-12-5(6(10)11)4(9)3(2)8/h2-5,7-9H,1H2,(H,10,11)/t2-,3-,4+,5+/m1/s1. The van der Waals surface area contributed by atoms with Crippen LogP contribution in [0.2, 0.25) is 0 Å². The van der Waals surface area contributed by atoms with E-state index in [4.69, 9.17) is 20.4 Å². The van der Waals surface area contributed by atoms with Gasteiger partial charge in [0.2, 0.25) is 0 Å². The molecule has 0 unspecified atom stereocenters. The Morgan fingerprint density at radius 2 is 1.83 bits per heavy atom. The number of aliphatic carboxylic acids is 1. The number of aliphatic hydroxyl groups is 3. The molecular formula is C6H10O6. The highest BCUT2D eigenvalue weighted by atomic mass is 16.5. The van der Waals surface area contributed by atoms with Gasteiger partial charge in [0.25, 0.3) is 0 Å². The lowest BCUT2D eigenvalue weighted by atomic mass is 10.0. The average Bonchev–Trinajstić information content (AvgIpc) is 2.00. The predicted octanol–water partition coefficient (Wildman–Crippen LogP) is -2.45. The zero-order chi connectivity index (χ0) is 9.30. The average molecular weight is 178 g/mol. The van der Waals surface area contributed by atoms with Gasteiger partial charge in [0.05, 0.1) is 6.61 Å². The van der Waals surface area contributed by atoms with Crippen LogP contribution in [0.25, 0.3) is 0 Å². The van der Waals surface area contributed by atoms with Crippen LogP contribution in [0, 0.1) is 0 Å². The number of hydrogen-bond donors (Lipinski definition) is 4. The Hall–Kier alpha value is -0.690. The van der Waals surface area contributed by atoms with Crippen molar-refractivity contribution in [3.05, 3.63) is 0 Å². The maximum atomic E-state index is 10.3. The summed E-state index contributed by atoms with van der Waals surface area (Å²) in [6.45, 7) is -0.283. The largest absolute Gasteiger partial charge is 0.479 e. The van der Waals surface area contributed by atoms with E-state index in [-0.39, 0.29) is 6.61 Å². The molecule has 6 nitrogen and oxygen atoms in total. The third-order valence-electron chi connectivity index (χ3n) is 1.74. The van der Waals surface area contributed by atoms with Gasteiger partial charge >= 0.3 is 5.97 Å². The van der Waals surface area contributed by atoms with Crippen LogP contribution in [-0.2, 0) is 9.53 Å². The van der Waals surface area contributed by atoms with Crippen molar-refractivity contribution >= 4 is 5.97 Å². The van der Waals surface area contributed by atoms with Crippen LogP contribution < -0.4 is 0 Å². The Labute approximate surface area is 68.0 Å². The zero-order valence-electron chi connectivity index (χ0n) is 6.12. The Bertz CT molecular complexity index is 181. The van der Waals surface area contributed by atoms with Crippen LogP contribution in [-0.4, -0.2) is 57.4 Å². The SMILES string of the molecule is O=C(O)[C@H]1OC[C@@H](O)[C@@H](O)[C@@H]1O. The zero-order valence-corrected chi connectivity index (χ0v) is 6.12. The highest BCUT2D eigenvalue weighted by Crippen LogP contribution is 2.15. The molecule has 0 saturated carbocycles. The van der Waals surface area contributed by atoms with Gasteiger partial charge in [-0.2, -0.15) is 0 Å². The second kappa shape index (κ2) is 3.36. The molecule has 70 valence electrons. The van der Waals surface area contributed by atoms with Gasteiger partial charge in [0.15, 0.2) is 6.10 Å². The first kappa shape index (κ1) is 9.40. The molecule has 4 N–H and O–H groups in total. The summed E-state index contributed by atoms with van der Waals surface area (Å²) in [7, 11) is 0. The second-order valence-electron chi connectivity index (χ2n) is 2.64. The minimum absolute atomic E-state index is 0.283. The summed E-state index contributed by atoms with van der Waals surface area (Å²) >= 11 is 0. The summed E-state index contributed by atoms with van der Waals surface area (Å²) in [5.41, 5.74) is 0. The highest BCUT2D eigenvalue weighted by Gasteiger charge is 2.41. The van der Waals surface area contributed by atoms with Crippen molar-refractivity contribution in [2.24, 2.45) is 0 Å². The van der Waals surface area contributed by atoms with Crippen LogP contribution >= 0.6 is 0 Å². The van der Waals surface area contributed by atoms with Crippen LogP contribution in [0.15, 0.2) is 0 Å². The summed E-state index contributed by atoms with van der Waals surface area (Å²) in [5, 5.41) is 35.4. The molecule has 0 spiro atoms. The van der Waals surface area contributed by atoms with Gasteiger partial charge in [-0.25, -0.2) is 4.79 Å². The lowest BCUT2D eigenvalue weighted by Gasteiger charge is -2.32. The molecule has 1 heterocycles. The minimum atomic E-state index is -1.58. The molecule has 4 atom stereocenters. The molecule has 0 radical (unpaired) electrons. The first-order valence-corrected chi connectivity index (χ1v) is 3.42. The van der Waals surface area contributed by atoms with Gasteiger partial charge in [-0.1, -0.05) is 0 Å². The molecule has 1 aliphatic heterocycles. The summed E-state index contributed by atoms with van der Waals surface area (Å²) in [5.74, 6) is -1.35. The topological polar surface area (TPSA) is 107 Å². The van der Waals surface area contributed by atoms with E-state index in [1.165, 1.54) is 0 Å². The van der Waals surface area contributed by atoms with Crippen LogP contribution in [0.1, 0.15) is 0 Å². The summed E-state index contributed by atoms with van der Waals surface area (Å²) in [4.78, 5) is 10.3. The Morgan fingerprint density at radius 1 is 1.25 bits per heavy atom. The van der Waals surface area contributed by atoms with Gasteiger partial charge in [-0.3, -0.25) is 0 Å². The number of aliphatic hydroxyl groups excluding tert-OH is 3.